The molecule has 0 radical (unpaired) electrons. The van der Waals surface area contributed by atoms with E-state index < -0.39 is 0 Å². The molecular weight excluding hydrogens is 252 g/mol. The molecule has 2 amide bonds. The zero-order valence-corrected chi connectivity index (χ0v) is 13.4. The number of hydrogen-bond donors (Lipinski definition) is 0. The minimum atomic E-state index is 0.113. The quantitative estimate of drug-likeness (QED) is 0.687. The third kappa shape index (κ3) is 5.14. The molecule has 0 saturated heterocycles. The normalized spacial score (nSPS) is 15.3. The summed E-state index contributed by atoms with van der Waals surface area (Å²) in [7, 11) is 0. The van der Waals surface area contributed by atoms with E-state index in [1.807, 2.05) is 9.80 Å². The topological polar surface area (TPSA) is 40.6 Å². The van der Waals surface area contributed by atoms with Crippen molar-refractivity contribution in [2.75, 3.05) is 19.6 Å². The zero-order chi connectivity index (χ0) is 15.0. The lowest BCUT2D eigenvalue weighted by atomic mass is 10.2. The molecule has 1 saturated carbocycles. The van der Waals surface area contributed by atoms with E-state index >= 15 is 0 Å². The van der Waals surface area contributed by atoms with E-state index in [9.17, 15) is 9.59 Å². The molecule has 0 unspecified atom stereocenters. The van der Waals surface area contributed by atoms with Gasteiger partial charge in [0.15, 0.2) is 0 Å². The molecule has 20 heavy (non-hydrogen) atoms. The largest absolute Gasteiger partial charge is 0.343 e. The summed E-state index contributed by atoms with van der Waals surface area (Å²) >= 11 is 0. The SMILES string of the molecule is CCCN(CCC)C(=O)CCN(C(C)=O)C1CCCC1. The van der Waals surface area contributed by atoms with Crippen LogP contribution in [0.25, 0.3) is 0 Å². The van der Waals surface area contributed by atoms with Crippen molar-refractivity contribution < 1.29 is 9.59 Å². The average molecular weight is 282 g/mol. The number of nitrogens with zero attached hydrogens (tertiary/aromatic N) is 2. The monoisotopic (exact) mass is 282 g/mol. The number of carbonyl (C=O) groups is 2. The van der Waals surface area contributed by atoms with Gasteiger partial charge in [0.25, 0.3) is 0 Å². The van der Waals surface area contributed by atoms with Crippen molar-refractivity contribution in [1.82, 2.24) is 9.80 Å². The fourth-order valence-electron chi connectivity index (χ4n) is 3.09. The lowest BCUT2D eigenvalue weighted by Gasteiger charge is -2.29. The number of hydrogen-bond acceptors (Lipinski definition) is 2. The maximum Gasteiger partial charge on any atom is 0.224 e. The van der Waals surface area contributed by atoms with Gasteiger partial charge >= 0.3 is 0 Å². The van der Waals surface area contributed by atoms with Crippen LogP contribution in [-0.2, 0) is 9.59 Å². The van der Waals surface area contributed by atoms with Gasteiger partial charge in [-0.25, -0.2) is 0 Å². The van der Waals surface area contributed by atoms with Gasteiger partial charge in [-0.1, -0.05) is 26.7 Å². The predicted octanol–water partition coefficient (Wildman–Crippen LogP) is 2.82. The summed E-state index contributed by atoms with van der Waals surface area (Å²) in [5.74, 6) is 0.306. The van der Waals surface area contributed by atoms with Crippen LogP contribution < -0.4 is 0 Å². The first kappa shape index (κ1) is 17.0. The van der Waals surface area contributed by atoms with Crippen molar-refractivity contribution in [3.05, 3.63) is 0 Å². The molecule has 1 aliphatic carbocycles. The Labute approximate surface area is 123 Å². The summed E-state index contributed by atoms with van der Waals surface area (Å²) in [5, 5.41) is 0. The summed E-state index contributed by atoms with van der Waals surface area (Å²) in [6.07, 6.45) is 7.06. The van der Waals surface area contributed by atoms with Gasteiger partial charge < -0.3 is 9.80 Å². The Morgan fingerprint density at radius 2 is 1.55 bits per heavy atom. The van der Waals surface area contributed by atoms with Crippen LogP contribution in [0, 0.1) is 0 Å². The molecule has 0 aromatic rings. The first-order chi connectivity index (χ1) is 9.60. The summed E-state index contributed by atoms with van der Waals surface area (Å²) in [6, 6.07) is 0.367. The Morgan fingerprint density at radius 1 is 1.00 bits per heavy atom. The van der Waals surface area contributed by atoms with Crippen molar-refractivity contribution >= 4 is 11.8 Å². The molecule has 0 heterocycles. The van der Waals surface area contributed by atoms with E-state index in [0.29, 0.717) is 19.0 Å². The molecule has 1 rings (SSSR count). The Morgan fingerprint density at radius 3 is 2.00 bits per heavy atom. The second kappa shape index (κ2) is 8.98. The summed E-state index contributed by atoms with van der Waals surface area (Å²) in [4.78, 5) is 27.9. The molecule has 1 aliphatic rings. The molecule has 0 bridgehead atoms. The van der Waals surface area contributed by atoms with E-state index in [0.717, 1.165) is 38.8 Å². The van der Waals surface area contributed by atoms with Gasteiger partial charge in [-0.3, -0.25) is 9.59 Å². The van der Waals surface area contributed by atoms with Crippen molar-refractivity contribution in [1.29, 1.82) is 0 Å². The molecule has 0 aromatic heterocycles. The van der Waals surface area contributed by atoms with E-state index in [1.165, 1.54) is 12.8 Å². The third-order valence-corrected chi connectivity index (χ3v) is 4.08. The van der Waals surface area contributed by atoms with Crippen LogP contribution >= 0.6 is 0 Å². The van der Waals surface area contributed by atoms with Gasteiger partial charge in [0.1, 0.15) is 0 Å². The van der Waals surface area contributed by atoms with Crippen LogP contribution in [0.1, 0.15) is 65.7 Å². The molecule has 0 aromatic carbocycles. The first-order valence-corrected chi connectivity index (χ1v) is 8.15. The fraction of sp³-hybridized carbons (Fsp3) is 0.875. The minimum absolute atomic E-state index is 0.113. The Bertz CT molecular complexity index is 306. The van der Waals surface area contributed by atoms with E-state index in [4.69, 9.17) is 0 Å². The lowest BCUT2D eigenvalue weighted by Crippen LogP contribution is -2.41. The Hall–Kier alpha value is -1.06. The molecule has 4 heteroatoms. The number of amides is 2. The second-order valence-corrected chi connectivity index (χ2v) is 5.78. The van der Waals surface area contributed by atoms with E-state index in [-0.39, 0.29) is 11.8 Å². The highest BCUT2D eigenvalue weighted by Gasteiger charge is 2.25. The summed E-state index contributed by atoms with van der Waals surface area (Å²) < 4.78 is 0. The zero-order valence-electron chi connectivity index (χ0n) is 13.4. The molecule has 1 fully saturated rings. The van der Waals surface area contributed by atoms with Crippen molar-refractivity contribution in [3.63, 3.8) is 0 Å². The summed E-state index contributed by atoms with van der Waals surface area (Å²) in [5.41, 5.74) is 0. The van der Waals surface area contributed by atoms with Crippen LogP contribution in [0.5, 0.6) is 0 Å². The van der Waals surface area contributed by atoms with Crippen LogP contribution in [0.2, 0.25) is 0 Å². The smallest absolute Gasteiger partial charge is 0.224 e. The number of rotatable bonds is 8. The highest BCUT2D eigenvalue weighted by Crippen LogP contribution is 2.23. The molecule has 0 atom stereocenters. The minimum Gasteiger partial charge on any atom is -0.343 e. The second-order valence-electron chi connectivity index (χ2n) is 5.78. The maximum absolute atomic E-state index is 12.3. The van der Waals surface area contributed by atoms with E-state index in [1.54, 1.807) is 6.92 Å². The van der Waals surface area contributed by atoms with Crippen LogP contribution in [0.4, 0.5) is 0 Å². The first-order valence-electron chi connectivity index (χ1n) is 8.15. The predicted molar refractivity (Wildman–Crippen MR) is 81.4 cm³/mol. The van der Waals surface area contributed by atoms with E-state index in [2.05, 4.69) is 13.8 Å². The summed E-state index contributed by atoms with van der Waals surface area (Å²) in [6.45, 7) is 8.06. The van der Waals surface area contributed by atoms with Crippen molar-refractivity contribution in [2.45, 2.75) is 71.8 Å². The molecule has 0 aliphatic heterocycles. The van der Waals surface area contributed by atoms with Crippen LogP contribution in [0.15, 0.2) is 0 Å². The molecule has 116 valence electrons. The molecular formula is C16H30N2O2. The highest BCUT2D eigenvalue weighted by atomic mass is 16.2. The van der Waals surface area contributed by atoms with Gasteiger partial charge in [-0.05, 0) is 25.7 Å². The van der Waals surface area contributed by atoms with Gasteiger partial charge in [0.2, 0.25) is 11.8 Å². The van der Waals surface area contributed by atoms with Gasteiger partial charge in [-0.2, -0.15) is 0 Å². The van der Waals surface area contributed by atoms with Gasteiger partial charge in [0.05, 0.1) is 0 Å². The van der Waals surface area contributed by atoms with Crippen LogP contribution in [0.3, 0.4) is 0 Å². The molecule has 0 spiro atoms. The van der Waals surface area contributed by atoms with Gasteiger partial charge in [-0.15, -0.1) is 0 Å². The standard InChI is InChI=1S/C16H30N2O2/c1-4-11-17(12-5-2)16(20)10-13-18(14(3)19)15-8-6-7-9-15/h15H,4-13H2,1-3H3. The Kier molecular flexibility index (Phi) is 7.63. The fourth-order valence-corrected chi connectivity index (χ4v) is 3.09. The van der Waals surface area contributed by atoms with Gasteiger partial charge in [0, 0.05) is 39.0 Å². The average Bonchev–Trinajstić information content (AvgIpc) is 2.92. The molecule has 4 nitrogen and oxygen atoms in total. The van der Waals surface area contributed by atoms with Crippen LogP contribution in [-0.4, -0.2) is 47.3 Å². The lowest BCUT2D eigenvalue weighted by molar-refractivity contribution is -0.134. The van der Waals surface area contributed by atoms with Crippen molar-refractivity contribution in [3.8, 4) is 0 Å². The third-order valence-electron chi connectivity index (χ3n) is 4.08. The molecule has 0 N–H and O–H groups in total. The number of carbonyl (C=O) groups excluding carboxylic acids is 2. The van der Waals surface area contributed by atoms with Crippen molar-refractivity contribution in [2.24, 2.45) is 0 Å². The highest BCUT2D eigenvalue weighted by molar-refractivity contribution is 5.78. The maximum atomic E-state index is 12.3. The Balaban J connectivity index is 2.48.